The normalized spacial score (nSPS) is 10.9. The van der Waals surface area contributed by atoms with E-state index in [9.17, 15) is 9.18 Å². The van der Waals surface area contributed by atoms with Crippen LogP contribution in [0.3, 0.4) is 0 Å². The first kappa shape index (κ1) is 12.6. The Morgan fingerprint density at radius 3 is 2.78 bits per heavy atom. The molecule has 0 amide bonds. The summed E-state index contributed by atoms with van der Waals surface area (Å²) in [5.74, 6) is -0.252. The molecule has 0 fully saturated rings. The molecule has 0 atom stereocenters. The van der Waals surface area contributed by atoms with Gasteiger partial charge >= 0.3 is 0 Å². The molecule has 3 N–H and O–H groups in total. The Morgan fingerprint density at radius 2 is 2.17 bits per heavy atom. The van der Waals surface area contributed by atoms with Crippen LogP contribution < -0.4 is 11.3 Å². The van der Waals surface area contributed by atoms with Gasteiger partial charge in [-0.2, -0.15) is 0 Å². The molecular weight excluding hydrogens is 233 g/mol. The maximum Gasteiger partial charge on any atom is 0.270 e. The van der Waals surface area contributed by atoms with Crippen molar-refractivity contribution in [3.05, 3.63) is 45.5 Å². The summed E-state index contributed by atoms with van der Waals surface area (Å²) in [4.78, 5) is 11.9. The number of nitrogens with one attached hydrogen (secondary N) is 1. The van der Waals surface area contributed by atoms with Gasteiger partial charge in [-0.15, -0.1) is 0 Å². The van der Waals surface area contributed by atoms with E-state index in [1.54, 1.807) is 26.1 Å². The molecule has 0 aliphatic carbocycles. The largest absolute Gasteiger partial charge is 0.330 e. The Balaban J connectivity index is 2.59. The highest BCUT2D eigenvalue weighted by atomic mass is 19.1. The van der Waals surface area contributed by atoms with Crippen LogP contribution in [-0.2, 0) is 13.5 Å². The van der Waals surface area contributed by atoms with E-state index >= 15 is 0 Å². The van der Waals surface area contributed by atoms with E-state index in [0.717, 1.165) is 11.3 Å². The molecule has 4 nitrogen and oxygen atoms in total. The summed E-state index contributed by atoms with van der Waals surface area (Å²) in [5.41, 5.74) is 8.15. The third kappa shape index (κ3) is 2.09. The van der Waals surface area contributed by atoms with Crippen molar-refractivity contribution in [1.29, 1.82) is 0 Å². The molecule has 2 aromatic rings. The van der Waals surface area contributed by atoms with Crippen molar-refractivity contribution in [1.82, 2.24) is 9.78 Å². The first-order chi connectivity index (χ1) is 8.54. The molecule has 1 aromatic heterocycles. The van der Waals surface area contributed by atoms with E-state index in [4.69, 9.17) is 5.73 Å². The lowest BCUT2D eigenvalue weighted by Crippen LogP contribution is -2.17. The number of nitrogens with two attached hydrogens (primary N) is 1. The standard InChI is InChI=1S/C13H16FN3O/c1-8-7-9(3-4-11(8)14)12-10(5-6-15)13(18)17(2)16-12/h3-4,7,16H,5-6,15H2,1-2H3. The average molecular weight is 249 g/mol. The number of hydrogen-bond acceptors (Lipinski definition) is 2. The summed E-state index contributed by atoms with van der Waals surface area (Å²) in [6.45, 7) is 2.10. The molecule has 0 aliphatic heterocycles. The van der Waals surface area contributed by atoms with Gasteiger partial charge in [0, 0.05) is 18.2 Å². The lowest BCUT2D eigenvalue weighted by atomic mass is 10.0. The van der Waals surface area contributed by atoms with Gasteiger partial charge in [-0.05, 0) is 43.7 Å². The van der Waals surface area contributed by atoms with E-state index in [1.807, 2.05) is 0 Å². The summed E-state index contributed by atoms with van der Waals surface area (Å²) in [5, 5.41) is 2.99. The molecule has 0 bridgehead atoms. The minimum Gasteiger partial charge on any atom is -0.330 e. The maximum absolute atomic E-state index is 13.3. The Bertz CT molecular complexity index is 628. The number of aromatic amines is 1. The number of nitrogens with zero attached hydrogens (tertiary/aromatic N) is 1. The van der Waals surface area contributed by atoms with Crippen molar-refractivity contribution in [2.45, 2.75) is 13.3 Å². The third-order valence-corrected chi connectivity index (χ3v) is 2.99. The molecule has 0 aliphatic rings. The van der Waals surface area contributed by atoms with Crippen LogP contribution in [0.5, 0.6) is 0 Å². The second-order valence-corrected chi connectivity index (χ2v) is 4.33. The summed E-state index contributed by atoms with van der Waals surface area (Å²) in [6.07, 6.45) is 0.502. The average Bonchev–Trinajstić information content (AvgIpc) is 2.61. The van der Waals surface area contributed by atoms with Crippen LogP contribution in [0.4, 0.5) is 4.39 Å². The van der Waals surface area contributed by atoms with Crippen molar-refractivity contribution in [3.8, 4) is 11.3 Å². The van der Waals surface area contributed by atoms with Gasteiger partial charge in [-0.3, -0.25) is 14.6 Å². The Morgan fingerprint density at radius 1 is 1.44 bits per heavy atom. The van der Waals surface area contributed by atoms with E-state index < -0.39 is 0 Å². The maximum atomic E-state index is 13.3. The number of H-pyrrole nitrogens is 1. The van der Waals surface area contributed by atoms with Crippen LogP contribution in [0.1, 0.15) is 11.1 Å². The Hall–Kier alpha value is -1.88. The fraction of sp³-hybridized carbons (Fsp3) is 0.308. The summed E-state index contributed by atoms with van der Waals surface area (Å²) in [7, 11) is 1.65. The highest BCUT2D eigenvalue weighted by Gasteiger charge is 2.14. The molecule has 2 rings (SSSR count). The first-order valence-electron chi connectivity index (χ1n) is 5.79. The van der Waals surface area contributed by atoms with Gasteiger partial charge in [0.25, 0.3) is 5.56 Å². The highest BCUT2D eigenvalue weighted by molar-refractivity contribution is 5.63. The van der Waals surface area contributed by atoms with Crippen LogP contribution in [0.15, 0.2) is 23.0 Å². The molecule has 0 spiro atoms. The molecule has 5 heteroatoms. The smallest absolute Gasteiger partial charge is 0.270 e. The Kier molecular flexibility index (Phi) is 3.34. The number of hydrogen-bond donors (Lipinski definition) is 2. The molecule has 0 saturated heterocycles. The predicted octanol–water partition coefficient (Wildman–Crippen LogP) is 1.33. The zero-order chi connectivity index (χ0) is 13.3. The minimum atomic E-state index is -0.252. The van der Waals surface area contributed by atoms with Crippen molar-refractivity contribution in [2.24, 2.45) is 12.8 Å². The Labute approximate surface area is 104 Å². The van der Waals surface area contributed by atoms with E-state index in [1.165, 1.54) is 10.7 Å². The van der Waals surface area contributed by atoms with Crippen molar-refractivity contribution < 1.29 is 4.39 Å². The predicted molar refractivity (Wildman–Crippen MR) is 68.9 cm³/mol. The number of benzene rings is 1. The van der Waals surface area contributed by atoms with Gasteiger partial charge in [-0.1, -0.05) is 0 Å². The molecule has 0 radical (unpaired) electrons. The lowest BCUT2D eigenvalue weighted by molar-refractivity contribution is 0.618. The van der Waals surface area contributed by atoms with Crippen LogP contribution in [0, 0.1) is 12.7 Å². The number of halogens is 1. The molecule has 96 valence electrons. The summed E-state index contributed by atoms with van der Waals surface area (Å²) in [6, 6.07) is 4.79. The van der Waals surface area contributed by atoms with Crippen LogP contribution >= 0.6 is 0 Å². The zero-order valence-electron chi connectivity index (χ0n) is 10.5. The molecule has 1 aromatic carbocycles. The minimum absolute atomic E-state index is 0.0857. The van der Waals surface area contributed by atoms with Crippen LogP contribution in [0.25, 0.3) is 11.3 Å². The van der Waals surface area contributed by atoms with Gasteiger partial charge in [0.1, 0.15) is 5.82 Å². The number of rotatable bonds is 3. The van der Waals surface area contributed by atoms with Gasteiger partial charge in [-0.25, -0.2) is 4.39 Å². The van der Waals surface area contributed by atoms with Crippen LogP contribution in [0.2, 0.25) is 0 Å². The lowest BCUT2D eigenvalue weighted by Gasteiger charge is -2.04. The first-order valence-corrected chi connectivity index (χ1v) is 5.79. The van der Waals surface area contributed by atoms with Crippen molar-refractivity contribution in [3.63, 3.8) is 0 Å². The summed E-state index contributed by atoms with van der Waals surface area (Å²) < 4.78 is 14.7. The molecule has 18 heavy (non-hydrogen) atoms. The molecule has 0 unspecified atom stereocenters. The van der Waals surface area contributed by atoms with E-state index in [-0.39, 0.29) is 11.4 Å². The SMILES string of the molecule is Cc1cc(-c2[nH]n(C)c(=O)c2CCN)ccc1F. The zero-order valence-corrected chi connectivity index (χ0v) is 10.5. The molecule has 0 saturated carbocycles. The van der Waals surface area contributed by atoms with Gasteiger partial charge in [0.05, 0.1) is 5.69 Å². The highest BCUT2D eigenvalue weighted by Crippen LogP contribution is 2.22. The van der Waals surface area contributed by atoms with Crippen LogP contribution in [-0.4, -0.2) is 16.3 Å². The fourth-order valence-corrected chi connectivity index (χ4v) is 2.01. The molecular formula is C13H16FN3O. The summed E-state index contributed by atoms with van der Waals surface area (Å²) >= 11 is 0. The van der Waals surface area contributed by atoms with Crippen molar-refractivity contribution in [2.75, 3.05) is 6.54 Å². The monoisotopic (exact) mass is 249 g/mol. The van der Waals surface area contributed by atoms with Crippen molar-refractivity contribution >= 4 is 0 Å². The number of aryl methyl sites for hydroxylation is 2. The van der Waals surface area contributed by atoms with E-state index in [0.29, 0.717) is 24.1 Å². The topological polar surface area (TPSA) is 63.8 Å². The van der Waals surface area contributed by atoms with E-state index in [2.05, 4.69) is 5.10 Å². The number of aromatic nitrogens is 2. The van der Waals surface area contributed by atoms with Gasteiger partial charge < -0.3 is 5.73 Å². The molecule has 1 heterocycles. The quantitative estimate of drug-likeness (QED) is 0.862. The second kappa shape index (κ2) is 4.78. The third-order valence-electron chi connectivity index (χ3n) is 2.99. The second-order valence-electron chi connectivity index (χ2n) is 4.33. The van der Waals surface area contributed by atoms with Gasteiger partial charge in [0.2, 0.25) is 0 Å². The van der Waals surface area contributed by atoms with Gasteiger partial charge in [0.15, 0.2) is 0 Å². The fourth-order valence-electron chi connectivity index (χ4n) is 2.01.